The highest BCUT2D eigenvalue weighted by molar-refractivity contribution is 7.90. The topological polar surface area (TPSA) is 97.5 Å². The molecule has 1 aliphatic heterocycles. The van der Waals surface area contributed by atoms with Crippen LogP contribution in [0.1, 0.15) is 5.56 Å². The van der Waals surface area contributed by atoms with Crippen LogP contribution in [0.15, 0.2) is 83.9 Å². The zero-order valence-electron chi connectivity index (χ0n) is 19.4. The molecule has 0 amide bonds. The third kappa shape index (κ3) is 3.81. The number of anilines is 1. The van der Waals surface area contributed by atoms with E-state index in [2.05, 4.69) is 4.90 Å². The third-order valence-electron chi connectivity index (χ3n) is 6.46. The zero-order chi connectivity index (χ0) is 24.7. The minimum Gasteiger partial charge on any atom is -0.392 e. The SMILES string of the molecule is O=S(=O)(c1ccccc1)n1ccc2c3nc(-c4cccc(CO)c4)nc(N4CCOCC4)c3ccc21. The first-order valence-electron chi connectivity index (χ1n) is 11.7. The minimum atomic E-state index is -3.77. The number of benzene rings is 3. The average molecular weight is 501 g/mol. The van der Waals surface area contributed by atoms with Gasteiger partial charge in [-0.05, 0) is 42.0 Å². The Morgan fingerprint density at radius 2 is 1.69 bits per heavy atom. The molecule has 0 saturated carbocycles. The van der Waals surface area contributed by atoms with Gasteiger partial charge in [0.25, 0.3) is 10.0 Å². The Bertz CT molecular complexity index is 1680. The van der Waals surface area contributed by atoms with Crippen LogP contribution >= 0.6 is 0 Å². The fraction of sp³-hybridized carbons (Fsp3) is 0.185. The van der Waals surface area contributed by atoms with E-state index in [0.717, 1.165) is 27.7 Å². The molecule has 2 aromatic heterocycles. The lowest BCUT2D eigenvalue weighted by atomic mass is 10.1. The van der Waals surface area contributed by atoms with Crippen LogP contribution < -0.4 is 4.90 Å². The molecule has 0 radical (unpaired) electrons. The van der Waals surface area contributed by atoms with E-state index < -0.39 is 10.0 Å². The van der Waals surface area contributed by atoms with Crippen molar-refractivity contribution in [1.82, 2.24) is 13.9 Å². The number of fused-ring (bicyclic) bond motifs is 3. The van der Waals surface area contributed by atoms with E-state index in [1.807, 2.05) is 36.4 Å². The van der Waals surface area contributed by atoms with Crippen LogP contribution in [0.3, 0.4) is 0 Å². The highest BCUT2D eigenvalue weighted by Gasteiger charge is 2.23. The van der Waals surface area contributed by atoms with Gasteiger partial charge in [-0.1, -0.05) is 36.4 Å². The Morgan fingerprint density at radius 1 is 0.889 bits per heavy atom. The fourth-order valence-corrected chi connectivity index (χ4v) is 6.01. The summed E-state index contributed by atoms with van der Waals surface area (Å²) in [5, 5.41) is 11.2. The van der Waals surface area contributed by atoms with Gasteiger partial charge >= 0.3 is 0 Å². The molecule has 6 rings (SSSR count). The summed E-state index contributed by atoms with van der Waals surface area (Å²) >= 11 is 0. The van der Waals surface area contributed by atoms with Crippen molar-refractivity contribution in [1.29, 1.82) is 0 Å². The molecule has 3 heterocycles. The van der Waals surface area contributed by atoms with Crippen molar-refractivity contribution in [2.24, 2.45) is 0 Å². The van der Waals surface area contributed by atoms with E-state index in [0.29, 0.717) is 43.2 Å². The molecule has 1 fully saturated rings. The maximum absolute atomic E-state index is 13.4. The predicted molar refractivity (Wildman–Crippen MR) is 138 cm³/mol. The van der Waals surface area contributed by atoms with Gasteiger partial charge in [0.05, 0.1) is 35.7 Å². The molecular formula is C27H24N4O4S. The third-order valence-corrected chi connectivity index (χ3v) is 8.16. The van der Waals surface area contributed by atoms with Crippen LogP contribution in [0, 0.1) is 0 Å². The minimum absolute atomic E-state index is 0.0812. The summed E-state index contributed by atoms with van der Waals surface area (Å²) in [5.41, 5.74) is 2.78. The van der Waals surface area contributed by atoms with Gasteiger partial charge in [0, 0.05) is 35.6 Å². The number of morpholine rings is 1. The summed E-state index contributed by atoms with van der Waals surface area (Å²) in [6, 6.07) is 21.4. The number of ether oxygens (including phenoxy) is 1. The lowest BCUT2D eigenvalue weighted by Crippen LogP contribution is -2.37. The number of rotatable bonds is 5. The van der Waals surface area contributed by atoms with Gasteiger partial charge in [0.1, 0.15) is 5.82 Å². The number of aromatic nitrogens is 3. The van der Waals surface area contributed by atoms with Crippen molar-refractivity contribution in [3.63, 3.8) is 0 Å². The normalized spacial score (nSPS) is 14.5. The van der Waals surface area contributed by atoms with Crippen LogP contribution in [-0.4, -0.2) is 53.8 Å². The Kier molecular flexibility index (Phi) is 5.67. The molecule has 36 heavy (non-hydrogen) atoms. The Morgan fingerprint density at radius 3 is 2.47 bits per heavy atom. The summed E-state index contributed by atoms with van der Waals surface area (Å²) < 4.78 is 33.7. The van der Waals surface area contributed by atoms with Gasteiger partial charge in [0.15, 0.2) is 5.82 Å². The van der Waals surface area contributed by atoms with Crippen molar-refractivity contribution < 1.29 is 18.3 Å². The van der Waals surface area contributed by atoms with Crippen molar-refractivity contribution in [3.05, 3.63) is 84.6 Å². The van der Waals surface area contributed by atoms with E-state index in [4.69, 9.17) is 14.7 Å². The van der Waals surface area contributed by atoms with Crippen molar-refractivity contribution in [3.8, 4) is 11.4 Å². The quantitative estimate of drug-likeness (QED) is 0.392. The molecule has 0 aliphatic carbocycles. The first kappa shape index (κ1) is 22.7. The second-order valence-electron chi connectivity index (χ2n) is 8.65. The van der Waals surface area contributed by atoms with Crippen LogP contribution in [0.2, 0.25) is 0 Å². The van der Waals surface area contributed by atoms with Crippen LogP contribution in [0.5, 0.6) is 0 Å². The van der Waals surface area contributed by atoms with Crippen molar-refractivity contribution in [2.45, 2.75) is 11.5 Å². The lowest BCUT2D eigenvalue weighted by Gasteiger charge is -2.29. The molecular weight excluding hydrogens is 476 g/mol. The standard InChI is InChI=1S/C27H24N4O4S/c32-18-19-5-4-6-20(17-19)26-28-25-22-11-12-31(36(33,34)21-7-2-1-3-8-21)24(22)10-9-23(25)27(29-26)30-13-15-35-16-14-30/h1-12,17,32H,13-16,18H2. The fourth-order valence-electron chi connectivity index (χ4n) is 4.64. The maximum atomic E-state index is 13.4. The Balaban J connectivity index is 1.60. The highest BCUT2D eigenvalue weighted by atomic mass is 32.2. The molecule has 5 aromatic rings. The van der Waals surface area contributed by atoms with E-state index in [1.54, 1.807) is 42.6 Å². The number of aliphatic hydroxyl groups excluding tert-OH is 1. The zero-order valence-corrected chi connectivity index (χ0v) is 20.2. The molecule has 3 aromatic carbocycles. The summed E-state index contributed by atoms with van der Waals surface area (Å²) in [7, 11) is -3.77. The van der Waals surface area contributed by atoms with E-state index >= 15 is 0 Å². The smallest absolute Gasteiger partial charge is 0.268 e. The molecule has 0 atom stereocenters. The number of nitrogens with zero attached hydrogens (tertiary/aromatic N) is 4. The molecule has 0 bridgehead atoms. The maximum Gasteiger partial charge on any atom is 0.268 e. The number of hydrogen-bond acceptors (Lipinski definition) is 7. The molecule has 8 nitrogen and oxygen atoms in total. The summed E-state index contributed by atoms with van der Waals surface area (Å²) in [6.45, 7) is 2.53. The lowest BCUT2D eigenvalue weighted by molar-refractivity contribution is 0.122. The monoisotopic (exact) mass is 500 g/mol. The van der Waals surface area contributed by atoms with E-state index in [9.17, 15) is 13.5 Å². The van der Waals surface area contributed by atoms with Crippen LogP contribution in [0.4, 0.5) is 5.82 Å². The molecule has 182 valence electrons. The van der Waals surface area contributed by atoms with Crippen LogP contribution in [-0.2, 0) is 21.4 Å². The first-order chi connectivity index (χ1) is 17.6. The van der Waals surface area contributed by atoms with E-state index in [1.165, 1.54) is 3.97 Å². The summed E-state index contributed by atoms with van der Waals surface area (Å²) in [4.78, 5) is 12.2. The molecule has 1 N–H and O–H groups in total. The van der Waals surface area contributed by atoms with Gasteiger partial charge in [-0.15, -0.1) is 0 Å². The van der Waals surface area contributed by atoms with Crippen molar-refractivity contribution in [2.75, 3.05) is 31.2 Å². The Labute approximate surface area is 208 Å². The van der Waals surface area contributed by atoms with Gasteiger partial charge in [-0.25, -0.2) is 22.4 Å². The van der Waals surface area contributed by atoms with Gasteiger partial charge in [0.2, 0.25) is 0 Å². The molecule has 0 unspecified atom stereocenters. The second-order valence-corrected chi connectivity index (χ2v) is 10.5. The average Bonchev–Trinajstić information content (AvgIpc) is 3.39. The van der Waals surface area contributed by atoms with Crippen LogP contribution in [0.25, 0.3) is 33.2 Å². The number of hydrogen-bond donors (Lipinski definition) is 1. The summed E-state index contributed by atoms with van der Waals surface area (Å²) in [5.74, 6) is 1.30. The van der Waals surface area contributed by atoms with Gasteiger partial charge in [-0.2, -0.15) is 0 Å². The molecule has 0 spiro atoms. The van der Waals surface area contributed by atoms with E-state index in [-0.39, 0.29) is 11.5 Å². The van der Waals surface area contributed by atoms with Crippen molar-refractivity contribution >= 4 is 37.6 Å². The molecule has 1 saturated heterocycles. The van der Waals surface area contributed by atoms with Gasteiger partial charge in [-0.3, -0.25) is 0 Å². The molecule has 1 aliphatic rings. The number of aliphatic hydroxyl groups is 1. The largest absolute Gasteiger partial charge is 0.392 e. The first-order valence-corrected chi connectivity index (χ1v) is 13.2. The van der Waals surface area contributed by atoms with Gasteiger partial charge < -0.3 is 14.7 Å². The Hall–Kier alpha value is -3.79. The highest BCUT2D eigenvalue weighted by Crippen LogP contribution is 2.34. The predicted octanol–water partition coefficient (Wildman–Crippen LogP) is 3.82. The molecule has 9 heteroatoms. The second kappa shape index (κ2) is 9.02. The summed E-state index contributed by atoms with van der Waals surface area (Å²) in [6.07, 6.45) is 1.58.